The Morgan fingerprint density at radius 1 is 1.11 bits per heavy atom. The van der Waals surface area contributed by atoms with E-state index in [4.69, 9.17) is 0 Å². The van der Waals surface area contributed by atoms with Crippen molar-refractivity contribution in [2.45, 2.75) is 57.4 Å². The number of hydrogen-bond donors (Lipinski definition) is 3. The van der Waals surface area contributed by atoms with Gasteiger partial charge in [0.1, 0.15) is 11.8 Å². The summed E-state index contributed by atoms with van der Waals surface area (Å²) in [6.07, 6.45) is 3.72. The first-order valence-electron chi connectivity index (χ1n) is 12.1. The topological polar surface area (TPSA) is 136 Å². The number of aromatic amines is 1. The number of para-hydroxylation sites is 1. The summed E-state index contributed by atoms with van der Waals surface area (Å²) in [4.78, 5) is 27.5. The largest absolute Gasteiger partial charge is 0.505 e. The zero-order valence-corrected chi connectivity index (χ0v) is 20.5. The first kappa shape index (κ1) is 23.7. The second-order valence-electron chi connectivity index (χ2n) is 9.69. The second-order valence-corrected chi connectivity index (χ2v) is 9.69. The molecule has 5 rings (SSSR count). The van der Waals surface area contributed by atoms with Crippen molar-refractivity contribution >= 4 is 23.1 Å². The summed E-state index contributed by atoms with van der Waals surface area (Å²) >= 11 is 0. The van der Waals surface area contributed by atoms with Crippen LogP contribution in [0.15, 0.2) is 41.5 Å². The van der Waals surface area contributed by atoms with Gasteiger partial charge in [-0.05, 0) is 77.8 Å². The van der Waals surface area contributed by atoms with Crippen molar-refractivity contribution in [1.29, 1.82) is 0 Å². The first-order valence-corrected chi connectivity index (χ1v) is 12.1. The number of aryl methyl sites for hydroxylation is 2. The molecule has 10 heteroatoms. The third-order valence-corrected chi connectivity index (χ3v) is 7.46. The first-order chi connectivity index (χ1) is 17.3. The average Bonchev–Trinajstić information content (AvgIpc) is 3.48. The monoisotopic (exact) mass is 487 g/mol. The number of hydrazone groups is 1. The number of aromatic nitrogens is 4. The number of Topliss-reactive ketones (excluding diaryl/α,β-unsaturated/α-hetero) is 1. The molecule has 0 bridgehead atoms. The van der Waals surface area contributed by atoms with Crippen molar-refractivity contribution in [2.75, 3.05) is 12.5 Å². The summed E-state index contributed by atoms with van der Waals surface area (Å²) in [5, 5.41) is 29.5. The molecule has 2 fully saturated rings. The standard InChI is InChI=1S/C26H29N7O3/c1-14-10-11-17(12-15(14)2)22-24(35)21(26(36)33(22)3)28-27-20-9-5-8-19(23(20)34)16-6-4-7-18(13-16)25-29-31-32-30-25/h5,8-12,16,18,22,27,34H,4,6-7,13H2,1-3H3,(H,29,30,31,32)/b28-21-. The quantitative estimate of drug-likeness (QED) is 0.370. The molecule has 1 aliphatic carbocycles. The molecule has 3 N–H and O–H groups in total. The van der Waals surface area contributed by atoms with Crippen molar-refractivity contribution in [2.24, 2.45) is 5.10 Å². The number of ketones is 1. The van der Waals surface area contributed by atoms with Gasteiger partial charge in [-0.2, -0.15) is 5.10 Å². The lowest BCUT2D eigenvalue weighted by atomic mass is 9.77. The fourth-order valence-corrected chi connectivity index (χ4v) is 5.26. The number of tetrazole rings is 1. The molecule has 3 atom stereocenters. The molecule has 2 aliphatic rings. The minimum atomic E-state index is -0.720. The van der Waals surface area contributed by atoms with Crippen LogP contribution in [0.2, 0.25) is 0 Å². The minimum absolute atomic E-state index is 0.0696. The van der Waals surface area contributed by atoms with Gasteiger partial charge in [0.25, 0.3) is 5.91 Å². The van der Waals surface area contributed by atoms with Crippen molar-refractivity contribution in [1.82, 2.24) is 25.5 Å². The predicted octanol–water partition coefficient (Wildman–Crippen LogP) is 3.51. The Morgan fingerprint density at radius 2 is 1.92 bits per heavy atom. The molecule has 2 aromatic carbocycles. The van der Waals surface area contributed by atoms with E-state index in [1.54, 1.807) is 13.1 Å². The highest BCUT2D eigenvalue weighted by atomic mass is 16.3. The normalized spacial score (nSPS) is 23.5. The number of likely N-dealkylation sites (tertiary alicyclic amines) is 1. The van der Waals surface area contributed by atoms with Gasteiger partial charge >= 0.3 is 0 Å². The molecule has 1 saturated carbocycles. The van der Waals surface area contributed by atoms with E-state index in [-0.39, 0.29) is 29.1 Å². The highest BCUT2D eigenvalue weighted by molar-refractivity contribution is 6.69. The van der Waals surface area contributed by atoms with Gasteiger partial charge in [0, 0.05) is 13.0 Å². The van der Waals surface area contributed by atoms with Crippen LogP contribution in [-0.2, 0) is 9.59 Å². The van der Waals surface area contributed by atoms with Crippen LogP contribution in [0.5, 0.6) is 5.75 Å². The summed E-state index contributed by atoms with van der Waals surface area (Å²) < 4.78 is 0. The predicted molar refractivity (Wildman–Crippen MR) is 134 cm³/mol. The van der Waals surface area contributed by atoms with E-state index in [9.17, 15) is 14.7 Å². The summed E-state index contributed by atoms with van der Waals surface area (Å²) in [6.45, 7) is 3.98. The molecular formula is C26H29N7O3. The third kappa shape index (κ3) is 4.23. The van der Waals surface area contributed by atoms with Crippen molar-refractivity contribution in [3.63, 3.8) is 0 Å². The smallest absolute Gasteiger partial charge is 0.278 e. The molecule has 1 saturated heterocycles. The zero-order chi connectivity index (χ0) is 25.4. The maximum atomic E-state index is 13.2. The third-order valence-electron chi connectivity index (χ3n) is 7.46. The number of H-pyrrole nitrogens is 1. The van der Waals surface area contributed by atoms with E-state index in [2.05, 4.69) is 31.2 Å². The number of phenolic OH excluding ortho intramolecular Hbond substituents is 1. The zero-order valence-electron chi connectivity index (χ0n) is 20.5. The van der Waals surface area contributed by atoms with Gasteiger partial charge in [0.15, 0.2) is 11.5 Å². The number of hydrogen-bond acceptors (Lipinski definition) is 8. The lowest BCUT2D eigenvalue weighted by molar-refractivity contribution is -0.124. The Bertz CT molecular complexity index is 1340. The Morgan fingerprint density at radius 3 is 2.67 bits per heavy atom. The molecule has 1 aromatic heterocycles. The molecule has 1 aliphatic heterocycles. The van der Waals surface area contributed by atoms with E-state index in [0.29, 0.717) is 5.69 Å². The Labute approximate surface area is 208 Å². The number of anilines is 1. The fourth-order valence-electron chi connectivity index (χ4n) is 5.26. The molecule has 0 radical (unpaired) electrons. The Balaban J connectivity index is 1.36. The molecule has 1 amide bonds. The van der Waals surface area contributed by atoms with E-state index >= 15 is 0 Å². The number of likely N-dealkylation sites (N-methyl/N-ethyl adjacent to an activating group) is 1. The molecule has 186 valence electrons. The Hall–Kier alpha value is -4.08. The number of nitrogens with zero attached hydrogens (tertiary/aromatic N) is 5. The fraction of sp³-hybridized carbons (Fsp3) is 0.385. The molecule has 3 unspecified atom stereocenters. The van der Waals surface area contributed by atoms with Gasteiger partial charge in [0.05, 0.1) is 5.69 Å². The number of amides is 1. The highest BCUT2D eigenvalue weighted by Gasteiger charge is 2.43. The van der Waals surface area contributed by atoms with Crippen LogP contribution in [0.4, 0.5) is 5.69 Å². The minimum Gasteiger partial charge on any atom is -0.505 e. The molecule has 36 heavy (non-hydrogen) atoms. The maximum absolute atomic E-state index is 13.2. The Kier molecular flexibility index (Phi) is 6.26. The van der Waals surface area contributed by atoms with Gasteiger partial charge in [-0.1, -0.05) is 36.8 Å². The summed E-state index contributed by atoms with van der Waals surface area (Å²) in [6, 6.07) is 10.4. The van der Waals surface area contributed by atoms with Crippen molar-refractivity contribution in [3.8, 4) is 5.75 Å². The number of carbonyl (C=O) groups is 2. The number of carbonyl (C=O) groups excluding carboxylic acids is 2. The lowest BCUT2D eigenvalue weighted by Crippen LogP contribution is -2.25. The average molecular weight is 488 g/mol. The van der Waals surface area contributed by atoms with Crippen LogP contribution < -0.4 is 5.43 Å². The van der Waals surface area contributed by atoms with Crippen LogP contribution in [0, 0.1) is 13.8 Å². The molecule has 2 heterocycles. The van der Waals surface area contributed by atoms with Crippen LogP contribution in [-0.4, -0.2) is 55.1 Å². The summed E-state index contributed by atoms with van der Waals surface area (Å²) in [5.41, 5.74) is 6.67. The van der Waals surface area contributed by atoms with E-state index < -0.39 is 11.9 Å². The van der Waals surface area contributed by atoms with Crippen LogP contribution in [0.3, 0.4) is 0 Å². The van der Waals surface area contributed by atoms with Gasteiger partial charge in [-0.3, -0.25) is 15.0 Å². The van der Waals surface area contributed by atoms with Crippen molar-refractivity contribution < 1.29 is 14.7 Å². The van der Waals surface area contributed by atoms with Crippen molar-refractivity contribution in [3.05, 3.63) is 64.5 Å². The summed E-state index contributed by atoms with van der Waals surface area (Å²) in [7, 11) is 1.60. The second kappa shape index (κ2) is 9.52. The van der Waals surface area contributed by atoms with Gasteiger partial charge in [-0.25, -0.2) is 5.10 Å². The highest BCUT2D eigenvalue weighted by Crippen LogP contribution is 2.44. The summed E-state index contributed by atoms with van der Waals surface area (Å²) in [5.74, 6) is 0.326. The van der Waals surface area contributed by atoms with Crippen LogP contribution in [0.25, 0.3) is 0 Å². The number of phenols is 1. The van der Waals surface area contributed by atoms with Gasteiger partial charge < -0.3 is 10.0 Å². The molecular weight excluding hydrogens is 458 g/mol. The maximum Gasteiger partial charge on any atom is 0.278 e. The van der Waals surface area contributed by atoms with Gasteiger partial charge in [-0.15, -0.1) is 5.10 Å². The van der Waals surface area contributed by atoms with Gasteiger partial charge in [0.2, 0.25) is 5.78 Å². The molecule has 0 spiro atoms. The number of nitrogens with one attached hydrogen (secondary N) is 2. The SMILES string of the molecule is Cc1ccc(C2C(=O)/C(=N/Nc3cccc(C4CCCC(c5nnn[nH]5)C4)c3O)C(=O)N2C)cc1C. The lowest BCUT2D eigenvalue weighted by Gasteiger charge is -2.28. The molecule has 3 aromatic rings. The van der Waals surface area contributed by atoms with Crippen LogP contribution >= 0.6 is 0 Å². The van der Waals surface area contributed by atoms with E-state index in [1.807, 2.05) is 44.2 Å². The number of aromatic hydroxyl groups is 1. The van der Waals surface area contributed by atoms with E-state index in [0.717, 1.165) is 53.8 Å². The molecule has 10 nitrogen and oxygen atoms in total. The van der Waals surface area contributed by atoms with Crippen LogP contribution in [0.1, 0.15) is 71.6 Å². The number of benzene rings is 2. The van der Waals surface area contributed by atoms with E-state index in [1.165, 1.54) is 4.90 Å². The number of rotatable bonds is 5.